The molecule has 3 rings (SSSR count). The SMILES string of the molecule is Cc1ccc(C(=O)c2c(C)[nH]c(-c3nnn(CCO[Si](C)(C)C(C)(C)C)n3)c2C)cc1Br. The van der Waals surface area contributed by atoms with Gasteiger partial charge in [0.25, 0.3) is 0 Å². The molecule has 0 spiro atoms. The van der Waals surface area contributed by atoms with E-state index >= 15 is 0 Å². The van der Waals surface area contributed by atoms with Crippen LogP contribution < -0.4 is 0 Å². The van der Waals surface area contributed by atoms with Gasteiger partial charge in [-0.05, 0) is 61.3 Å². The van der Waals surface area contributed by atoms with Crippen molar-refractivity contribution in [1.82, 2.24) is 25.2 Å². The lowest BCUT2D eigenvalue weighted by Crippen LogP contribution is -2.41. The van der Waals surface area contributed by atoms with Crippen molar-refractivity contribution in [3.63, 3.8) is 0 Å². The van der Waals surface area contributed by atoms with Crippen molar-refractivity contribution < 1.29 is 9.22 Å². The van der Waals surface area contributed by atoms with Crippen LogP contribution in [0.25, 0.3) is 11.5 Å². The summed E-state index contributed by atoms with van der Waals surface area (Å²) in [7, 11) is -1.82. The molecule has 32 heavy (non-hydrogen) atoms. The van der Waals surface area contributed by atoms with Gasteiger partial charge >= 0.3 is 0 Å². The van der Waals surface area contributed by atoms with Crippen molar-refractivity contribution >= 4 is 30.0 Å². The lowest BCUT2D eigenvalue weighted by molar-refractivity contribution is 0.103. The summed E-state index contributed by atoms with van der Waals surface area (Å²) < 4.78 is 7.13. The van der Waals surface area contributed by atoms with Gasteiger partial charge in [0.1, 0.15) is 0 Å². The summed E-state index contributed by atoms with van der Waals surface area (Å²) in [6, 6.07) is 5.65. The fraction of sp³-hybridized carbons (Fsp3) is 0.478. The zero-order valence-electron chi connectivity index (χ0n) is 20.1. The van der Waals surface area contributed by atoms with E-state index in [0.29, 0.717) is 35.8 Å². The quantitative estimate of drug-likeness (QED) is 0.325. The van der Waals surface area contributed by atoms with E-state index in [1.54, 1.807) is 4.80 Å². The van der Waals surface area contributed by atoms with E-state index in [2.05, 4.69) is 70.2 Å². The van der Waals surface area contributed by atoms with Crippen molar-refractivity contribution in [2.75, 3.05) is 6.61 Å². The number of H-pyrrole nitrogens is 1. The molecule has 1 N–H and O–H groups in total. The van der Waals surface area contributed by atoms with Crippen molar-refractivity contribution in [3.8, 4) is 11.5 Å². The van der Waals surface area contributed by atoms with Crippen LogP contribution in [0.4, 0.5) is 0 Å². The Kier molecular flexibility index (Phi) is 6.93. The largest absolute Gasteiger partial charge is 0.415 e. The number of aromatic amines is 1. The Balaban J connectivity index is 1.78. The third-order valence-corrected chi connectivity index (χ3v) is 11.7. The molecule has 2 heterocycles. The van der Waals surface area contributed by atoms with Gasteiger partial charge in [0, 0.05) is 21.3 Å². The van der Waals surface area contributed by atoms with Gasteiger partial charge in [-0.15, -0.1) is 10.2 Å². The third kappa shape index (κ3) is 4.94. The summed E-state index contributed by atoms with van der Waals surface area (Å²) in [6.45, 7) is 18.0. The van der Waals surface area contributed by atoms with Crippen molar-refractivity contribution in [2.24, 2.45) is 0 Å². The number of aryl methyl sites for hydroxylation is 2. The van der Waals surface area contributed by atoms with Crippen molar-refractivity contribution in [3.05, 3.63) is 50.6 Å². The molecule has 0 aliphatic rings. The lowest BCUT2D eigenvalue weighted by Gasteiger charge is -2.36. The summed E-state index contributed by atoms with van der Waals surface area (Å²) in [6.07, 6.45) is 0. The van der Waals surface area contributed by atoms with E-state index < -0.39 is 8.32 Å². The number of nitrogens with zero attached hydrogens (tertiary/aromatic N) is 4. The number of carbonyl (C=O) groups excluding carboxylic acids is 1. The smallest absolute Gasteiger partial charge is 0.221 e. The van der Waals surface area contributed by atoms with Gasteiger partial charge in [-0.1, -0.05) is 48.8 Å². The Morgan fingerprint density at radius 2 is 1.91 bits per heavy atom. The average Bonchev–Trinajstić information content (AvgIpc) is 3.26. The number of hydrogen-bond donors (Lipinski definition) is 1. The first-order valence-electron chi connectivity index (χ1n) is 10.7. The molecule has 9 heteroatoms. The van der Waals surface area contributed by atoms with Crippen LogP contribution in [-0.4, -0.2) is 45.9 Å². The number of tetrazole rings is 1. The summed E-state index contributed by atoms with van der Waals surface area (Å²) in [5.74, 6) is 0.445. The van der Waals surface area contributed by atoms with E-state index in [0.717, 1.165) is 21.3 Å². The van der Waals surface area contributed by atoms with Gasteiger partial charge in [-0.3, -0.25) is 4.79 Å². The first-order valence-corrected chi connectivity index (χ1v) is 14.4. The van der Waals surface area contributed by atoms with Crippen LogP contribution in [-0.2, 0) is 11.0 Å². The summed E-state index contributed by atoms with van der Waals surface area (Å²) >= 11 is 3.51. The predicted octanol–water partition coefficient (Wildman–Crippen LogP) is 5.61. The van der Waals surface area contributed by atoms with Crippen LogP contribution in [0.5, 0.6) is 0 Å². The first kappa shape index (κ1) is 24.5. The highest BCUT2D eigenvalue weighted by atomic mass is 79.9. The zero-order chi connectivity index (χ0) is 23.8. The topological polar surface area (TPSA) is 85.7 Å². The summed E-state index contributed by atoms with van der Waals surface area (Å²) in [4.78, 5) is 18.0. The second kappa shape index (κ2) is 9.03. The minimum Gasteiger partial charge on any atom is -0.415 e. The number of carbonyl (C=O) groups is 1. The van der Waals surface area contributed by atoms with Crippen LogP contribution in [0.1, 0.15) is 53.5 Å². The van der Waals surface area contributed by atoms with Gasteiger partial charge in [0.2, 0.25) is 5.82 Å². The number of nitrogens with one attached hydrogen (secondary N) is 1. The number of ketones is 1. The number of rotatable bonds is 7. The Morgan fingerprint density at radius 3 is 2.53 bits per heavy atom. The maximum Gasteiger partial charge on any atom is 0.221 e. The third-order valence-electron chi connectivity index (χ3n) is 6.34. The Labute approximate surface area is 199 Å². The van der Waals surface area contributed by atoms with Crippen LogP contribution in [0.15, 0.2) is 22.7 Å². The molecule has 172 valence electrons. The van der Waals surface area contributed by atoms with E-state index in [1.165, 1.54) is 0 Å². The molecule has 2 aromatic heterocycles. The van der Waals surface area contributed by atoms with Gasteiger partial charge in [-0.25, -0.2) is 0 Å². The highest BCUT2D eigenvalue weighted by molar-refractivity contribution is 9.10. The van der Waals surface area contributed by atoms with Crippen LogP contribution >= 0.6 is 15.9 Å². The fourth-order valence-corrected chi connectivity index (χ4v) is 4.64. The summed E-state index contributed by atoms with van der Waals surface area (Å²) in [5.41, 5.74) is 4.70. The zero-order valence-corrected chi connectivity index (χ0v) is 22.7. The van der Waals surface area contributed by atoms with Crippen LogP contribution in [0.3, 0.4) is 0 Å². The molecule has 0 radical (unpaired) electrons. The van der Waals surface area contributed by atoms with Gasteiger partial charge in [-0.2, -0.15) is 4.80 Å². The second-order valence-electron chi connectivity index (χ2n) is 9.74. The van der Waals surface area contributed by atoms with Crippen LogP contribution in [0.2, 0.25) is 18.1 Å². The first-order chi connectivity index (χ1) is 14.8. The maximum atomic E-state index is 13.2. The Bertz CT molecular complexity index is 1140. The molecule has 0 bridgehead atoms. The number of hydrogen-bond acceptors (Lipinski definition) is 5. The molecule has 7 nitrogen and oxygen atoms in total. The van der Waals surface area contributed by atoms with E-state index in [-0.39, 0.29) is 10.8 Å². The minimum atomic E-state index is -1.82. The molecule has 0 aliphatic carbocycles. The van der Waals surface area contributed by atoms with Crippen LogP contribution in [0, 0.1) is 20.8 Å². The maximum absolute atomic E-state index is 13.2. The fourth-order valence-electron chi connectivity index (χ4n) is 3.23. The molecular formula is C23H32BrN5O2Si. The molecule has 0 unspecified atom stereocenters. The molecule has 0 aliphatic heterocycles. The monoisotopic (exact) mass is 517 g/mol. The molecule has 0 atom stereocenters. The average molecular weight is 519 g/mol. The molecule has 0 fully saturated rings. The van der Waals surface area contributed by atoms with E-state index in [4.69, 9.17) is 4.43 Å². The molecule has 3 aromatic rings. The van der Waals surface area contributed by atoms with Gasteiger partial charge in [0.15, 0.2) is 14.1 Å². The highest BCUT2D eigenvalue weighted by Gasteiger charge is 2.37. The van der Waals surface area contributed by atoms with Crippen molar-refractivity contribution in [2.45, 2.75) is 66.2 Å². The highest BCUT2D eigenvalue weighted by Crippen LogP contribution is 2.36. The summed E-state index contributed by atoms with van der Waals surface area (Å²) in [5, 5.41) is 13.1. The molecule has 0 saturated heterocycles. The van der Waals surface area contributed by atoms with Gasteiger partial charge < -0.3 is 9.41 Å². The van der Waals surface area contributed by atoms with E-state index in [1.807, 2.05) is 39.0 Å². The number of benzene rings is 1. The molecule has 0 amide bonds. The van der Waals surface area contributed by atoms with Gasteiger partial charge in [0.05, 0.1) is 18.8 Å². The molecular weight excluding hydrogens is 486 g/mol. The second-order valence-corrected chi connectivity index (χ2v) is 15.4. The van der Waals surface area contributed by atoms with E-state index in [9.17, 15) is 4.79 Å². The number of aromatic nitrogens is 5. The molecule has 1 aromatic carbocycles. The predicted molar refractivity (Wildman–Crippen MR) is 133 cm³/mol. The normalized spacial score (nSPS) is 12.4. The molecule has 0 saturated carbocycles. The minimum absolute atomic E-state index is 0.0293. The Morgan fingerprint density at radius 1 is 1.22 bits per heavy atom. The lowest BCUT2D eigenvalue weighted by atomic mass is 9.99. The Hall–Kier alpha value is -2.10. The van der Waals surface area contributed by atoms with Crippen molar-refractivity contribution in [1.29, 1.82) is 0 Å². The number of halogens is 1. The standard InChI is InChI=1S/C23H32BrN5O2Si/c1-14-9-10-17(13-18(14)24)21(30)19-15(2)20(25-16(19)3)22-26-28-29(27-22)11-12-31-32(7,8)23(4,5)6/h9-10,13,25H,11-12H2,1-8H3.